The average molecular weight is 786 g/mol. The van der Waals surface area contributed by atoms with Crippen molar-refractivity contribution < 1.29 is 80.5 Å². The Hall–Kier alpha value is -3.33. The molecule has 4 aromatic heterocycles. The van der Waals surface area contributed by atoms with Crippen LogP contribution in [-0.2, 0) is 47.9 Å². The van der Waals surface area contributed by atoms with Gasteiger partial charge in [0.2, 0.25) is 11.7 Å². The molecule has 4 aromatic rings. The number of phosphoric ester groups is 2. The summed E-state index contributed by atoms with van der Waals surface area (Å²) in [6.45, 7) is -2.16. The normalized spacial score (nSPS) is 30.4. The van der Waals surface area contributed by atoms with Gasteiger partial charge in [-0.2, -0.15) is 0 Å². The Morgan fingerprint density at radius 2 is 1.57 bits per heavy atom. The smallest absolute Gasteiger partial charge is 0.478 e. The number of rotatable bonds is 12. The molecule has 0 aromatic carbocycles. The van der Waals surface area contributed by atoms with Crippen LogP contribution in [0.5, 0.6) is 0 Å². The zero-order chi connectivity index (χ0) is 37.2. The van der Waals surface area contributed by atoms with Gasteiger partial charge in [0.1, 0.15) is 48.5 Å². The largest absolute Gasteiger partial charge is 0.756 e. The fraction of sp³-hybridized carbons (Fsp3) is 0.524. The molecule has 0 spiro atoms. The van der Waals surface area contributed by atoms with Crippen LogP contribution in [0.15, 0.2) is 23.8 Å². The summed E-state index contributed by atoms with van der Waals surface area (Å²) in [5.74, 6) is -0.275. The molecule has 0 aliphatic carbocycles. The number of hydrogen-bond acceptors (Lipinski definition) is 21. The second-order valence-corrected chi connectivity index (χ2v) is 15.7. The Balaban J connectivity index is 1.04. The van der Waals surface area contributed by atoms with Crippen molar-refractivity contribution in [2.75, 3.05) is 24.7 Å². The summed E-state index contributed by atoms with van der Waals surface area (Å²) < 4.78 is 68.8. The van der Waals surface area contributed by atoms with E-state index in [4.69, 9.17) is 20.9 Å². The van der Waals surface area contributed by atoms with E-state index < -0.39 is 91.3 Å². The Labute approximate surface area is 282 Å². The van der Waals surface area contributed by atoms with Gasteiger partial charge >= 0.3 is 21.3 Å². The van der Waals surface area contributed by atoms with Crippen molar-refractivity contribution in [3.05, 3.63) is 29.3 Å². The standard InChI is InChI=1S/C21H29N10O17P3/c1-29-6-31(17-10(29)18(36)28-21(23)27-17)20-14(35)12(33)8(46-20)3-44-50(39,40)48-51(41,42)47-49(37,38)43-2-7-11(32)13(34)19(45-7)30-5-26-9-15(22)24-4-25-16(9)30/h4-8,11-14,19-20,32-35H,2-3H2,1H3,(H7-,22,23,24,25,27,28,36,37,38,39,40,41,42)/t7-,8-,11-,12-,13-,14-,19-,20-/m1/s1. The molecular formula is C21H29N10O17P3. The first-order valence-electron chi connectivity index (χ1n) is 14.2. The number of nitrogens with zero attached hydrogens (tertiary/aromatic N) is 7. The number of H-pyrrole nitrogens is 1. The topological polar surface area (TPSA) is 401 Å². The molecule has 11 N–H and O–H groups in total. The summed E-state index contributed by atoms with van der Waals surface area (Å²) in [6.07, 6.45) is -9.46. The number of phosphoric acid groups is 3. The number of nitrogen functional groups attached to an aromatic ring is 2. The van der Waals surface area contributed by atoms with E-state index in [0.29, 0.717) is 0 Å². The molecular weight excluding hydrogens is 757 g/mol. The molecule has 11 atom stereocenters. The van der Waals surface area contributed by atoms with E-state index in [1.807, 2.05) is 0 Å². The Morgan fingerprint density at radius 3 is 2.22 bits per heavy atom. The van der Waals surface area contributed by atoms with Gasteiger partial charge in [0, 0.05) is 0 Å². The Morgan fingerprint density at radius 1 is 0.961 bits per heavy atom. The SMILES string of the molecule is Cn1c[n+]([C@@H]2O[C@H](COP(=O)(O)OP(=O)([O-])OP(=O)(O)OC[C@H]3O[C@@H](n4cnc5c(N)ncnc54)[C@H](O)[C@@H]3O)[C@@H](O)[C@H]2O)c2nc(N)[nH]c(=O)c21. The number of anilines is 2. The second kappa shape index (κ2) is 13.6. The minimum absolute atomic E-state index is 0.00355. The van der Waals surface area contributed by atoms with Crippen molar-refractivity contribution >= 4 is 57.6 Å². The molecule has 30 heteroatoms. The molecule has 280 valence electrons. The zero-order valence-electron chi connectivity index (χ0n) is 25.6. The monoisotopic (exact) mass is 786 g/mol. The van der Waals surface area contributed by atoms with Crippen molar-refractivity contribution in [2.45, 2.75) is 49.1 Å². The van der Waals surface area contributed by atoms with E-state index in [-0.39, 0.29) is 34.1 Å². The first-order chi connectivity index (χ1) is 23.8. The maximum atomic E-state index is 12.4. The van der Waals surface area contributed by atoms with Crippen LogP contribution in [0.25, 0.3) is 22.3 Å². The van der Waals surface area contributed by atoms with E-state index in [2.05, 4.69) is 42.6 Å². The maximum absolute atomic E-state index is 12.4. The highest BCUT2D eigenvalue weighted by atomic mass is 31.3. The number of ether oxygens (including phenoxy) is 2. The third-order valence-corrected chi connectivity index (χ3v) is 11.8. The van der Waals surface area contributed by atoms with Gasteiger partial charge < -0.3 is 56.0 Å². The lowest BCUT2D eigenvalue weighted by Crippen LogP contribution is -2.46. The summed E-state index contributed by atoms with van der Waals surface area (Å²) >= 11 is 0. The fourth-order valence-electron chi connectivity index (χ4n) is 5.35. The van der Waals surface area contributed by atoms with Gasteiger partial charge in [0.25, 0.3) is 19.3 Å². The van der Waals surface area contributed by atoms with Gasteiger partial charge in [-0.15, -0.1) is 0 Å². The van der Waals surface area contributed by atoms with Crippen molar-refractivity contribution in [1.82, 2.24) is 34.1 Å². The third kappa shape index (κ3) is 7.47. The van der Waals surface area contributed by atoms with Crippen LogP contribution >= 0.6 is 23.5 Å². The predicted molar refractivity (Wildman–Crippen MR) is 159 cm³/mol. The highest BCUT2D eigenvalue weighted by Gasteiger charge is 2.49. The van der Waals surface area contributed by atoms with Gasteiger partial charge in [-0.25, -0.2) is 37.3 Å². The number of nitrogens with one attached hydrogen (secondary N) is 1. The summed E-state index contributed by atoms with van der Waals surface area (Å²) in [4.78, 5) is 62.6. The van der Waals surface area contributed by atoms with Crippen LogP contribution in [-0.4, -0.2) is 114 Å². The molecule has 0 amide bonds. The predicted octanol–water partition coefficient (Wildman–Crippen LogP) is -4.47. The number of aromatic amines is 1. The van der Waals surface area contributed by atoms with Crippen molar-refractivity contribution in [2.24, 2.45) is 7.05 Å². The third-order valence-electron chi connectivity index (χ3n) is 7.61. The molecule has 6 heterocycles. The van der Waals surface area contributed by atoms with E-state index >= 15 is 0 Å². The zero-order valence-corrected chi connectivity index (χ0v) is 28.2. The molecule has 2 aliphatic heterocycles. The first kappa shape index (κ1) is 37.4. The number of imidazole rings is 2. The summed E-state index contributed by atoms with van der Waals surface area (Å²) in [7, 11) is -16.2. The number of fused-ring (bicyclic) bond motifs is 2. The van der Waals surface area contributed by atoms with Gasteiger partial charge in [-0.1, -0.05) is 4.98 Å². The molecule has 3 unspecified atom stereocenters. The molecule has 27 nitrogen and oxygen atoms in total. The van der Waals surface area contributed by atoms with Crippen LogP contribution in [0.3, 0.4) is 0 Å². The van der Waals surface area contributed by atoms with Crippen molar-refractivity contribution in [3.63, 3.8) is 0 Å². The summed E-state index contributed by atoms with van der Waals surface area (Å²) in [5, 5.41) is 42.0. The van der Waals surface area contributed by atoms with Crippen LogP contribution in [0, 0.1) is 0 Å². The molecule has 0 saturated carbocycles. The lowest BCUT2D eigenvalue weighted by atomic mass is 10.1. The Bertz CT molecular complexity index is 2160. The van der Waals surface area contributed by atoms with Gasteiger partial charge in [-0.3, -0.25) is 32.5 Å². The lowest BCUT2D eigenvalue weighted by Gasteiger charge is -2.26. The maximum Gasteiger partial charge on any atom is 0.478 e. The quantitative estimate of drug-likeness (QED) is 0.0483. The van der Waals surface area contributed by atoms with Gasteiger partial charge in [-0.05, 0) is 0 Å². The van der Waals surface area contributed by atoms with E-state index in [1.54, 1.807) is 0 Å². The first-order valence-corrected chi connectivity index (χ1v) is 18.6. The summed E-state index contributed by atoms with van der Waals surface area (Å²) in [6, 6.07) is 0. The molecule has 51 heavy (non-hydrogen) atoms. The molecule has 2 fully saturated rings. The molecule has 2 aliphatic rings. The minimum atomic E-state index is -6.22. The average Bonchev–Trinajstić information content (AvgIpc) is 3.74. The van der Waals surface area contributed by atoms with Crippen LogP contribution < -0.4 is 26.5 Å². The highest BCUT2D eigenvalue weighted by Crippen LogP contribution is 2.65. The van der Waals surface area contributed by atoms with Crippen molar-refractivity contribution in [3.8, 4) is 0 Å². The number of aliphatic hydroxyl groups is 4. The van der Waals surface area contributed by atoms with Crippen LogP contribution in [0.2, 0.25) is 0 Å². The Kier molecular flexibility index (Phi) is 9.96. The molecule has 2 saturated heterocycles. The molecule has 6 rings (SSSR count). The number of aromatic nitrogens is 8. The second-order valence-electron chi connectivity index (χ2n) is 11.1. The van der Waals surface area contributed by atoms with Crippen LogP contribution in [0.4, 0.5) is 11.8 Å². The van der Waals surface area contributed by atoms with E-state index in [9.17, 15) is 53.6 Å². The van der Waals surface area contributed by atoms with E-state index in [1.165, 1.54) is 28.8 Å². The number of aliphatic hydroxyl groups excluding tert-OH is 4. The van der Waals surface area contributed by atoms with Crippen LogP contribution in [0.1, 0.15) is 12.5 Å². The van der Waals surface area contributed by atoms with E-state index in [0.717, 1.165) is 10.9 Å². The lowest BCUT2D eigenvalue weighted by molar-refractivity contribution is -0.745. The van der Waals surface area contributed by atoms with Gasteiger partial charge in [0.15, 0.2) is 24.0 Å². The highest BCUT2D eigenvalue weighted by molar-refractivity contribution is 7.66. The molecule has 0 radical (unpaired) electrons. The fourth-order valence-corrected chi connectivity index (χ4v) is 8.81. The summed E-state index contributed by atoms with van der Waals surface area (Å²) in [5.41, 5.74) is 10.9. The van der Waals surface area contributed by atoms with Gasteiger partial charge in [0.05, 0.1) is 26.6 Å². The number of aryl methyl sites for hydroxylation is 1. The number of nitrogens with two attached hydrogens (primary N) is 2. The molecule has 0 bridgehead atoms. The van der Waals surface area contributed by atoms with Crippen molar-refractivity contribution in [1.29, 1.82) is 0 Å². The number of hydrogen-bond donors (Lipinski definition) is 9. The minimum Gasteiger partial charge on any atom is -0.756 e.